The lowest BCUT2D eigenvalue weighted by molar-refractivity contribution is 0.472. The number of aryl methyl sites for hydroxylation is 1. The minimum atomic E-state index is -0.400. The Morgan fingerprint density at radius 2 is 1.71 bits per heavy atom. The fraction of sp³-hybridized carbons (Fsp3) is 0.273. The van der Waals surface area contributed by atoms with Crippen molar-refractivity contribution in [1.29, 1.82) is 0 Å². The maximum atomic E-state index is 12.6. The van der Waals surface area contributed by atoms with E-state index in [0.717, 1.165) is 6.07 Å². The van der Waals surface area contributed by atoms with Crippen LogP contribution in [0.3, 0.4) is 0 Å². The summed E-state index contributed by atoms with van der Waals surface area (Å²) in [7, 11) is 0. The van der Waals surface area contributed by atoms with E-state index in [9.17, 15) is 4.39 Å². The van der Waals surface area contributed by atoms with Gasteiger partial charge in [-0.3, -0.25) is 0 Å². The molecule has 0 aliphatic carbocycles. The van der Waals surface area contributed by atoms with Crippen molar-refractivity contribution in [3.63, 3.8) is 0 Å². The Kier molecular flexibility index (Phi) is 9.17. The van der Waals surface area contributed by atoms with Crippen LogP contribution < -0.4 is 0 Å². The highest BCUT2D eigenvalue weighted by Gasteiger charge is 2.02. The summed E-state index contributed by atoms with van der Waals surface area (Å²) in [6.45, 7) is 5.56. The molecule has 1 N–H and O–H groups in total. The molecule has 0 aliphatic rings. The van der Waals surface area contributed by atoms with Gasteiger partial charge in [-0.2, -0.15) is 0 Å². The van der Waals surface area contributed by atoms with Crippen molar-refractivity contribution in [3.8, 4) is 18.6 Å². The summed E-state index contributed by atoms with van der Waals surface area (Å²) < 4.78 is 12.6. The molecule has 78 valence electrons. The lowest BCUT2D eigenvalue weighted by atomic mass is 10.2. The van der Waals surface area contributed by atoms with E-state index >= 15 is 0 Å². The molecule has 1 rings (SSSR count). The molecule has 3 heteroatoms. The third-order valence-electron chi connectivity index (χ3n) is 1.23. The van der Waals surface area contributed by atoms with Crippen LogP contribution in [0.15, 0.2) is 12.1 Å². The monoisotopic (exact) mass is 216 g/mol. The van der Waals surface area contributed by atoms with Crippen LogP contribution in [0, 0.1) is 25.6 Å². The lowest BCUT2D eigenvalue weighted by Crippen LogP contribution is -1.80. The highest BCUT2D eigenvalue weighted by molar-refractivity contribution is 6.32. The van der Waals surface area contributed by atoms with Crippen LogP contribution in [0.5, 0.6) is 5.75 Å². The van der Waals surface area contributed by atoms with Crippen LogP contribution in [0.1, 0.15) is 19.4 Å². The third kappa shape index (κ3) is 4.74. The van der Waals surface area contributed by atoms with Gasteiger partial charge in [0, 0.05) is 0 Å². The fourth-order valence-electron chi connectivity index (χ4n) is 0.642. The van der Waals surface area contributed by atoms with Gasteiger partial charge in [0.25, 0.3) is 0 Å². The lowest BCUT2D eigenvalue weighted by Gasteiger charge is -1.98. The molecule has 0 heterocycles. The Bertz CT molecular complexity index is 245. The van der Waals surface area contributed by atoms with Gasteiger partial charge in [0.2, 0.25) is 0 Å². The smallest absolute Gasteiger partial charge is 0.134 e. The predicted molar refractivity (Wildman–Crippen MR) is 59.0 cm³/mol. The molecule has 0 amide bonds. The molecule has 14 heavy (non-hydrogen) atoms. The van der Waals surface area contributed by atoms with Crippen LogP contribution in [0.2, 0.25) is 5.02 Å². The van der Waals surface area contributed by atoms with Crippen LogP contribution in [0.25, 0.3) is 0 Å². The van der Waals surface area contributed by atoms with Gasteiger partial charge >= 0.3 is 0 Å². The van der Waals surface area contributed by atoms with E-state index in [4.69, 9.17) is 16.7 Å². The molecule has 0 aromatic heterocycles. The molecule has 0 atom stereocenters. The van der Waals surface area contributed by atoms with Crippen LogP contribution >= 0.6 is 11.6 Å². The number of halogens is 2. The van der Waals surface area contributed by atoms with Crippen molar-refractivity contribution >= 4 is 11.6 Å². The molecule has 0 unspecified atom stereocenters. The standard InChI is InChI=1S/C7H6ClFO.C2H6.C2H2/c1-4-2-7(10)5(8)3-6(4)9;2*1-2/h2-3,10H,1H3;1-2H3;1-2H. The van der Waals surface area contributed by atoms with Gasteiger partial charge in [-0.15, -0.1) is 12.8 Å². The van der Waals surface area contributed by atoms with Crippen LogP contribution in [-0.2, 0) is 0 Å². The Balaban J connectivity index is 0. The zero-order valence-corrected chi connectivity index (χ0v) is 9.27. The second-order valence-electron chi connectivity index (χ2n) is 2.05. The minimum Gasteiger partial charge on any atom is -0.506 e. The average molecular weight is 217 g/mol. The summed E-state index contributed by atoms with van der Waals surface area (Å²) in [5, 5.41) is 8.97. The van der Waals surface area contributed by atoms with Gasteiger partial charge in [-0.1, -0.05) is 25.4 Å². The van der Waals surface area contributed by atoms with E-state index in [-0.39, 0.29) is 10.8 Å². The quantitative estimate of drug-likeness (QED) is 0.655. The maximum absolute atomic E-state index is 12.6. The molecule has 0 bridgehead atoms. The number of aromatic hydroxyl groups is 1. The van der Waals surface area contributed by atoms with E-state index in [1.807, 2.05) is 13.8 Å². The first-order valence-electron chi connectivity index (χ1n) is 4.09. The Morgan fingerprint density at radius 3 is 2.07 bits per heavy atom. The van der Waals surface area contributed by atoms with Crippen molar-refractivity contribution < 1.29 is 9.50 Å². The first kappa shape index (κ1) is 15.3. The second-order valence-corrected chi connectivity index (χ2v) is 2.46. The number of phenolic OH excluding ortho intramolecular Hbond substituents is 1. The molecular weight excluding hydrogens is 203 g/mol. The molecule has 0 radical (unpaired) electrons. The number of terminal acetylenes is 1. The zero-order chi connectivity index (χ0) is 11.7. The molecular formula is C11H14ClFO. The van der Waals surface area contributed by atoms with Crippen molar-refractivity contribution in [2.75, 3.05) is 0 Å². The van der Waals surface area contributed by atoms with E-state index in [1.54, 1.807) is 6.92 Å². The first-order valence-corrected chi connectivity index (χ1v) is 4.47. The number of hydrogen-bond donors (Lipinski definition) is 1. The number of rotatable bonds is 0. The van der Waals surface area contributed by atoms with E-state index in [1.165, 1.54) is 6.07 Å². The third-order valence-corrected chi connectivity index (χ3v) is 1.53. The second kappa shape index (κ2) is 8.40. The summed E-state index contributed by atoms with van der Waals surface area (Å²) in [5.41, 5.74) is 0.391. The summed E-state index contributed by atoms with van der Waals surface area (Å²) in [5.74, 6) is -0.483. The Morgan fingerprint density at radius 1 is 1.29 bits per heavy atom. The van der Waals surface area contributed by atoms with Gasteiger partial charge in [0.05, 0.1) is 5.02 Å². The van der Waals surface area contributed by atoms with Crippen molar-refractivity contribution in [3.05, 3.63) is 28.5 Å². The van der Waals surface area contributed by atoms with Gasteiger partial charge in [-0.25, -0.2) is 4.39 Å². The molecule has 0 spiro atoms. The Hall–Kier alpha value is -1.20. The SMILES string of the molecule is C#C.CC.Cc1cc(O)c(Cl)cc1F. The molecule has 1 aromatic carbocycles. The van der Waals surface area contributed by atoms with Gasteiger partial charge in [0.1, 0.15) is 11.6 Å². The summed E-state index contributed by atoms with van der Waals surface area (Å²) in [6.07, 6.45) is 8.00. The molecule has 0 saturated carbocycles. The first-order chi connectivity index (χ1) is 6.61. The molecule has 0 fully saturated rings. The van der Waals surface area contributed by atoms with Gasteiger partial charge < -0.3 is 5.11 Å². The largest absolute Gasteiger partial charge is 0.506 e. The molecule has 1 aromatic rings. The topological polar surface area (TPSA) is 20.2 Å². The number of hydrogen-bond acceptors (Lipinski definition) is 1. The van der Waals surface area contributed by atoms with E-state index in [2.05, 4.69) is 12.8 Å². The molecule has 0 aliphatic heterocycles. The van der Waals surface area contributed by atoms with Crippen molar-refractivity contribution in [1.82, 2.24) is 0 Å². The zero-order valence-electron chi connectivity index (χ0n) is 8.51. The summed E-state index contributed by atoms with van der Waals surface area (Å²) >= 11 is 5.40. The van der Waals surface area contributed by atoms with Gasteiger partial charge in [0.15, 0.2) is 0 Å². The summed E-state index contributed by atoms with van der Waals surface area (Å²) in [6, 6.07) is 2.38. The van der Waals surface area contributed by atoms with Crippen LogP contribution in [0.4, 0.5) is 4.39 Å². The van der Waals surface area contributed by atoms with E-state index < -0.39 is 5.82 Å². The van der Waals surface area contributed by atoms with Crippen molar-refractivity contribution in [2.45, 2.75) is 20.8 Å². The average Bonchev–Trinajstić information content (AvgIpc) is 2.21. The molecule has 0 saturated heterocycles. The van der Waals surface area contributed by atoms with Crippen molar-refractivity contribution in [2.24, 2.45) is 0 Å². The summed E-state index contributed by atoms with van der Waals surface area (Å²) in [4.78, 5) is 0. The van der Waals surface area contributed by atoms with Crippen LogP contribution in [-0.4, -0.2) is 5.11 Å². The highest BCUT2D eigenvalue weighted by atomic mass is 35.5. The highest BCUT2D eigenvalue weighted by Crippen LogP contribution is 2.25. The molecule has 1 nitrogen and oxygen atoms in total. The normalized spacial score (nSPS) is 7.64. The van der Waals surface area contributed by atoms with E-state index in [0.29, 0.717) is 5.56 Å². The predicted octanol–water partition coefficient (Wildman–Crippen LogP) is 3.77. The maximum Gasteiger partial charge on any atom is 0.134 e. The minimum absolute atomic E-state index is 0.0445. The van der Waals surface area contributed by atoms with Gasteiger partial charge in [-0.05, 0) is 24.6 Å². The number of benzene rings is 1. The Labute approximate surface area is 89.5 Å². The number of phenols is 1. The fourth-order valence-corrected chi connectivity index (χ4v) is 0.792.